The van der Waals surface area contributed by atoms with Crippen molar-refractivity contribution in [3.8, 4) is 0 Å². The summed E-state index contributed by atoms with van der Waals surface area (Å²) in [6.07, 6.45) is -4.48. The first-order valence-corrected chi connectivity index (χ1v) is 4.51. The molecule has 0 spiro atoms. The highest BCUT2D eigenvalue weighted by Gasteiger charge is 2.36. The van der Waals surface area contributed by atoms with Gasteiger partial charge in [0.25, 0.3) is 0 Å². The number of hydrogen-bond donors (Lipinski definition) is 0. The van der Waals surface area contributed by atoms with Crippen molar-refractivity contribution < 1.29 is 18.0 Å². The minimum Gasteiger partial charge on any atom is -0.295 e. The van der Waals surface area contributed by atoms with E-state index in [4.69, 9.17) is 0 Å². The third-order valence-corrected chi connectivity index (χ3v) is 2.06. The molecule has 0 heterocycles. The highest BCUT2D eigenvalue weighted by atomic mass is 19.4. The summed E-state index contributed by atoms with van der Waals surface area (Å²) in [6, 6.07) is 5.20. The van der Waals surface area contributed by atoms with Gasteiger partial charge in [-0.3, -0.25) is 9.79 Å². The molecule has 1 aromatic rings. The van der Waals surface area contributed by atoms with E-state index in [-0.39, 0.29) is 11.3 Å². The minimum absolute atomic E-state index is 0.0417. The number of nitrogens with zero attached hydrogens (tertiary/aromatic N) is 1. The second-order valence-electron chi connectivity index (χ2n) is 3.20. The second-order valence-corrected chi connectivity index (χ2v) is 3.20. The molecule has 0 saturated heterocycles. The highest BCUT2D eigenvalue weighted by Crippen LogP contribution is 2.22. The van der Waals surface area contributed by atoms with Gasteiger partial charge in [-0.1, -0.05) is 24.3 Å². The van der Waals surface area contributed by atoms with Gasteiger partial charge < -0.3 is 0 Å². The smallest absolute Gasteiger partial charge is 0.295 e. The summed E-state index contributed by atoms with van der Waals surface area (Å²) in [6.45, 7) is 1.35. The number of Topliss-reactive ketones (excluding diaryl/α,β-unsaturated/α-hetero) is 1. The van der Waals surface area contributed by atoms with Gasteiger partial charge in [0.1, 0.15) is 5.71 Å². The summed E-state index contributed by atoms with van der Waals surface area (Å²) in [5.41, 5.74) is -0.607. The number of rotatable bonds is 2. The summed E-state index contributed by atoms with van der Waals surface area (Å²) in [4.78, 5) is 14.2. The van der Waals surface area contributed by atoms with Crippen LogP contribution in [0.1, 0.15) is 22.8 Å². The van der Waals surface area contributed by atoms with E-state index in [0.717, 1.165) is 7.05 Å². The molecule has 0 fully saturated rings. The summed E-state index contributed by atoms with van der Waals surface area (Å²) in [5.74, 6) is -0.187. The van der Waals surface area contributed by atoms with E-state index in [1.165, 1.54) is 31.2 Å². The Balaban J connectivity index is 3.11. The zero-order valence-corrected chi connectivity index (χ0v) is 8.80. The Morgan fingerprint density at radius 3 is 1.88 bits per heavy atom. The molecule has 0 unspecified atom stereocenters. The van der Waals surface area contributed by atoms with Crippen LogP contribution in [0, 0.1) is 0 Å². The van der Waals surface area contributed by atoms with Gasteiger partial charge in [-0.15, -0.1) is 0 Å². The average Bonchev–Trinajstić information content (AvgIpc) is 2.17. The minimum atomic E-state index is -4.48. The normalized spacial score (nSPS) is 12.7. The standard InChI is InChI=1S/C11H10F3NO/c1-7(16)8-3-5-9(6-4-8)10(15-2)11(12,13)14/h3-6H,1-2H3/b15-10+. The van der Waals surface area contributed by atoms with Crippen molar-refractivity contribution in [2.75, 3.05) is 7.05 Å². The van der Waals surface area contributed by atoms with Crippen LogP contribution in [0.4, 0.5) is 13.2 Å². The molecule has 0 bridgehead atoms. The summed E-state index contributed by atoms with van der Waals surface area (Å²) in [5, 5.41) is 0. The van der Waals surface area contributed by atoms with Crippen LogP contribution in [0.3, 0.4) is 0 Å². The van der Waals surface area contributed by atoms with Gasteiger partial charge in [0.05, 0.1) is 0 Å². The Kier molecular flexibility index (Phi) is 3.47. The van der Waals surface area contributed by atoms with Gasteiger partial charge in [-0.2, -0.15) is 13.2 Å². The molecule has 0 aliphatic heterocycles. The van der Waals surface area contributed by atoms with Crippen LogP contribution >= 0.6 is 0 Å². The van der Waals surface area contributed by atoms with Crippen LogP contribution in [0.25, 0.3) is 0 Å². The highest BCUT2D eigenvalue weighted by molar-refractivity contribution is 6.05. The predicted octanol–water partition coefficient (Wildman–Crippen LogP) is 2.87. The SMILES string of the molecule is C/N=C(\c1ccc(C(C)=O)cc1)C(F)(F)F. The molecular formula is C11H10F3NO. The summed E-state index contributed by atoms with van der Waals surface area (Å²) >= 11 is 0. The second kappa shape index (κ2) is 4.47. The van der Waals surface area contributed by atoms with Crippen LogP contribution < -0.4 is 0 Å². The number of halogens is 3. The van der Waals surface area contributed by atoms with Crippen molar-refractivity contribution >= 4 is 11.5 Å². The lowest BCUT2D eigenvalue weighted by Gasteiger charge is -2.09. The molecule has 0 radical (unpaired) electrons. The summed E-state index contributed by atoms with van der Waals surface area (Å²) in [7, 11) is 1.09. The number of carbonyl (C=O) groups excluding carboxylic acids is 1. The van der Waals surface area contributed by atoms with Crippen LogP contribution in [0.15, 0.2) is 29.3 Å². The first-order valence-electron chi connectivity index (χ1n) is 4.51. The van der Waals surface area contributed by atoms with E-state index in [2.05, 4.69) is 4.99 Å². The molecule has 0 N–H and O–H groups in total. The molecule has 0 amide bonds. The topological polar surface area (TPSA) is 29.4 Å². The maximum Gasteiger partial charge on any atom is 0.433 e. The van der Waals surface area contributed by atoms with Crippen molar-refractivity contribution in [3.63, 3.8) is 0 Å². The fourth-order valence-electron chi connectivity index (χ4n) is 1.28. The van der Waals surface area contributed by atoms with Crippen molar-refractivity contribution in [1.29, 1.82) is 0 Å². The number of carbonyl (C=O) groups is 1. The molecule has 2 nitrogen and oxygen atoms in total. The molecule has 1 aromatic carbocycles. The van der Waals surface area contributed by atoms with E-state index in [9.17, 15) is 18.0 Å². The molecule has 0 saturated carbocycles. The molecule has 86 valence electrons. The van der Waals surface area contributed by atoms with Crippen molar-refractivity contribution in [3.05, 3.63) is 35.4 Å². The number of aliphatic imine (C=N–C) groups is 1. The Bertz CT molecular complexity index is 418. The molecule has 16 heavy (non-hydrogen) atoms. The van der Waals surface area contributed by atoms with Crippen molar-refractivity contribution in [2.45, 2.75) is 13.1 Å². The average molecular weight is 229 g/mol. The Morgan fingerprint density at radius 1 is 1.12 bits per heavy atom. The van der Waals surface area contributed by atoms with Crippen molar-refractivity contribution in [2.24, 2.45) is 4.99 Å². The maximum atomic E-state index is 12.5. The lowest BCUT2D eigenvalue weighted by atomic mass is 10.1. The lowest BCUT2D eigenvalue weighted by molar-refractivity contribution is -0.0581. The van der Waals surface area contributed by atoms with Gasteiger partial charge >= 0.3 is 6.18 Å². The number of hydrogen-bond acceptors (Lipinski definition) is 2. The molecule has 0 atom stereocenters. The quantitative estimate of drug-likeness (QED) is 0.566. The number of benzene rings is 1. The van der Waals surface area contributed by atoms with E-state index in [0.29, 0.717) is 5.56 Å². The predicted molar refractivity (Wildman–Crippen MR) is 55.0 cm³/mol. The third-order valence-electron chi connectivity index (χ3n) is 2.06. The van der Waals surface area contributed by atoms with Crippen LogP contribution in [-0.2, 0) is 0 Å². The number of alkyl halides is 3. The van der Waals surface area contributed by atoms with Gasteiger partial charge in [-0.05, 0) is 6.92 Å². The van der Waals surface area contributed by atoms with Gasteiger partial charge in [0, 0.05) is 18.2 Å². The van der Waals surface area contributed by atoms with Gasteiger partial charge in [-0.25, -0.2) is 0 Å². The Hall–Kier alpha value is -1.65. The van der Waals surface area contributed by atoms with Gasteiger partial charge in [0.2, 0.25) is 0 Å². The van der Waals surface area contributed by atoms with Crippen LogP contribution in [-0.4, -0.2) is 24.7 Å². The van der Waals surface area contributed by atoms with Crippen LogP contribution in [0.2, 0.25) is 0 Å². The first kappa shape index (κ1) is 12.4. The third kappa shape index (κ3) is 2.68. The summed E-state index contributed by atoms with van der Waals surface area (Å²) < 4.78 is 37.4. The van der Waals surface area contributed by atoms with E-state index in [1.807, 2.05) is 0 Å². The Morgan fingerprint density at radius 2 is 1.56 bits per heavy atom. The van der Waals surface area contributed by atoms with E-state index < -0.39 is 11.9 Å². The fourth-order valence-corrected chi connectivity index (χ4v) is 1.28. The van der Waals surface area contributed by atoms with E-state index in [1.54, 1.807) is 0 Å². The molecule has 0 aliphatic carbocycles. The van der Waals surface area contributed by atoms with Gasteiger partial charge in [0.15, 0.2) is 5.78 Å². The van der Waals surface area contributed by atoms with Crippen molar-refractivity contribution in [1.82, 2.24) is 0 Å². The molecule has 1 rings (SSSR count). The molecule has 0 aromatic heterocycles. The first-order chi connectivity index (χ1) is 7.36. The molecule has 5 heteroatoms. The Labute approximate surface area is 90.8 Å². The monoisotopic (exact) mass is 229 g/mol. The van der Waals surface area contributed by atoms with Crippen LogP contribution in [0.5, 0.6) is 0 Å². The number of ketones is 1. The zero-order chi connectivity index (χ0) is 12.3. The maximum absolute atomic E-state index is 12.5. The zero-order valence-electron chi connectivity index (χ0n) is 8.80. The largest absolute Gasteiger partial charge is 0.433 e. The molecular weight excluding hydrogens is 219 g/mol. The fraction of sp³-hybridized carbons (Fsp3) is 0.273. The molecule has 0 aliphatic rings. The lowest BCUT2D eigenvalue weighted by Crippen LogP contribution is -2.23. The van der Waals surface area contributed by atoms with E-state index >= 15 is 0 Å².